The van der Waals surface area contributed by atoms with Crippen LogP contribution in [0.3, 0.4) is 0 Å². The van der Waals surface area contributed by atoms with Crippen molar-refractivity contribution in [2.24, 2.45) is 10.9 Å². The molecular formula is C12H22N6O. The van der Waals surface area contributed by atoms with E-state index in [1.54, 1.807) is 6.33 Å². The van der Waals surface area contributed by atoms with Crippen molar-refractivity contribution in [1.29, 1.82) is 0 Å². The summed E-state index contributed by atoms with van der Waals surface area (Å²) in [5.41, 5.74) is 5.66. The van der Waals surface area contributed by atoms with Crippen molar-refractivity contribution in [3.05, 3.63) is 12.2 Å². The number of nitrogens with two attached hydrogens (primary N) is 1. The highest BCUT2D eigenvalue weighted by atomic mass is 16.4. The molecule has 0 bridgehead atoms. The van der Waals surface area contributed by atoms with Crippen LogP contribution >= 0.6 is 0 Å². The van der Waals surface area contributed by atoms with E-state index in [2.05, 4.69) is 20.1 Å². The predicted molar refractivity (Wildman–Crippen MR) is 71.8 cm³/mol. The van der Waals surface area contributed by atoms with Gasteiger partial charge in [-0.1, -0.05) is 18.0 Å². The molecule has 0 saturated heterocycles. The van der Waals surface area contributed by atoms with Crippen LogP contribution in [0.5, 0.6) is 0 Å². The zero-order chi connectivity index (χ0) is 13.7. The standard InChI is InChI=1S/C12H22N6O/c1-2-18-12(14-9-15-18)8-17(7-11(13)16-19)10-5-3-4-6-10/h9-10,19H,2-8H2,1H3,(H2,13,16). The Labute approximate surface area is 113 Å². The van der Waals surface area contributed by atoms with E-state index < -0.39 is 0 Å². The highest BCUT2D eigenvalue weighted by Gasteiger charge is 2.24. The van der Waals surface area contributed by atoms with Crippen LogP contribution in [0.2, 0.25) is 0 Å². The lowest BCUT2D eigenvalue weighted by atomic mass is 10.2. The molecule has 19 heavy (non-hydrogen) atoms. The number of aryl methyl sites for hydroxylation is 1. The Morgan fingerprint density at radius 1 is 1.58 bits per heavy atom. The Hall–Kier alpha value is -1.63. The summed E-state index contributed by atoms with van der Waals surface area (Å²) in [6, 6.07) is 0.488. The molecule has 0 aliphatic heterocycles. The van der Waals surface area contributed by atoms with Gasteiger partial charge in [0.05, 0.1) is 13.1 Å². The summed E-state index contributed by atoms with van der Waals surface area (Å²) in [7, 11) is 0. The van der Waals surface area contributed by atoms with E-state index in [9.17, 15) is 0 Å². The lowest BCUT2D eigenvalue weighted by molar-refractivity contribution is 0.205. The molecule has 2 rings (SSSR count). The lowest BCUT2D eigenvalue weighted by Gasteiger charge is -2.27. The fourth-order valence-electron chi connectivity index (χ4n) is 2.68. The van der Waals surface area contributed by atoms with Gasteiger partial charge in [0.1, 0.15) is 12.2 Å². The number of oxime groups is 1. The molecule has 0 unspecified atom stereocenters. The van der Waals surface area contributed by atoms with E-state index in [1.165, 1.54) is 25.7 Å². The van der Waals surface area contributed by atoms with Gasteiger partial charge in [-0.05, 0) is 19.8 Å². The van der Waals surface area contributed by atoms with Crippen LogP contribution < -0.4 is 5.73 Å². The van der Waals surface area contributed by atoms with Crippen molar-refractivity contribution in [2.75, 3.05) is 6.54 Å². The first kappa shape index (κ1) is 13.8. The summed E-state index contributed by atoms with van der Waals surface area (Å²) in [5, 5.41) is 16.0. The quantitative estimate of drug-likeness (QED) is 0.344. The third-order valence-electron chi connectivity index (χ3n) is 3.67. The van der Waals surface area contributed by atoms with Gasteiger partial charge in [-0.2, -0.15) is 5.10 Å². The molecule has 3 N–H and O–H groups in total. The van der Waals surface area contributed by atoms with Crippen molar-refractivity contribution in [3.8, 4) is 0 Å². The average molecular weight is 266 g/mol. The van der Waals surface area contributed by atoms with Crippen LogP contribution in [0.1, 0.15) is 38.4 Å². The Balaban J connectivity index is 2.08. The normalized spacial score (nSPS) is 17.5. The van der Waals surface area contributed by atoms with Gasteiger partial charge in [0.15, 0.2) is 5.84 Å². The molecule has 1 aromatic rings. The molecule has 0 spiro atoms. The fourth-order valence-corrected chi connectivity index (χ4v) is 2.68. The molecule has 1 fully saturated rings. The fraction of sp³-hybridized carbons (Fsp3) is 0.750. The molecule has 7 nitrogen and oxygen atoms in total. The van der Waals surface area contributed by atoms with Gasteiger partial charge < -0.3 is 10.9 Å². The molecule has 1 saturated carbocycles. The predicted octanol–water partition coefficient (Wildman–Crippen LogP) is 0.789. The number of rotatable bonds is 6. The smallest absolute Gasteiger partial charge is 0.153 e. The van der Waals surface area contributed by atoms with Crippen LogP contribution in [0.25, 0.3) is 0 Å². The first-order valence-electron chi connectivity index (χ1n) is 6.81. The van der Waals surface area contributed by atoms with Crippen LogP contribution in [-0.4, -0.2) is 43.3 Å². The summed E-state index contributed by atoms with van der Waals surface area (Å²) in [6.45, 7) is 4.01. The van der Waals surface area contributed by atoms with Crippen molar-refractivity contribution >= 4 is 5.84 Å². The largest absolute Gasteiger partial charge is 0.409 e. The number of aromatic nitrogens is 3. The van der Waals surface area contributed by atoms with Crippen LogP contribution in [-0.2, 0) is 13.1 Å². The van der Waals surface area contributed by atoms with Crippen molar-refractivity contribution in [1.82, 2.24) is 19.7 Å². The van der Waals surface area contributed by atoms with Crippen molar-refractivity contribution in [2.45, 2.75) is 51.7 Å². The molecule has 0 aromatic carbocycles. The average Bonchev–Trinajstić information content (AvgIpc) is 3.08. The molecule has 1 aliphatic rings. The Bertz CT molecular complexity index is 424. The summed E-state index contributed by atoms with van der Waals surface area (Å²) in [4.78, 5) is 6.53. The molecule has 7 heteroatoms. The maximum atomic E-state index is 8.76. The number of hydrogen-bond acceptors (Lipinski definition) is 5. The van der Waals surface area contributed by atoms with E-state index in [-0.39, 0.29) is 5.84 Å². The molecule has 1 aliphatic carbocycles. The van der Waals surface area contributed by atoms with Gasteiger partial charge in [0.25, 0.3) is 0 Å². The minimum absolute atomic E-state index is 0.245. The minimum atomic E-state index is 0.245. The van der Waals surface area contributed by atoms with Gasteiger partial charge in [-0.25, -0.2) is 9.67 Å². The number of nitrogens with zero attached hydrogens (tertiary/aromatic N) is 5. The summed E-state index contributed by atoms with van der Waals surface area (Å²) < 4.78 is 1.88. The maximum Gasteiger partial charge on any atom is 0.153 e. The Morgan fingerprint density at radius 3 is 2.95 bits per heavy atom. The SMILES string of the molecule is CCn1ncnc1CN(CC(N)=NO)C1CCCC1. The summed E-state index contributed by atoms with van der Waals surface area (Å²) >= 11 is 0. The van der Waals surface area contributed by atoms with Crippen LogP contribution in [0, 0.1) is 0 Å². The van der Waals surface area contributed by atoms with E-state index in [0.29, 0.717) is 19.1 Å². The lowest BCUT2D eigenvalue weighted by Crippen LogP contribution is -2.40. The second kappa shape index (κ2) is 6.51. The zero-order valence-corrected chi connectivity index (χ0v) is 11.4. The molecule has 0 radical (unpaired) electrons. The third-order valence-corrected chi connectivity index (χ3v) is 3.67. The minimum Gasteiger partial charge on any atom is -0.409 e. The topological polar surface area (TPSA) is 92.6 Å². The van der Waals surface area contributed by atoms with Gasteiger partial charge >= 0.3 is 0 Å². The van der Waals surface area contributed by atoms with Crippen molar-refractivity contribution in [3.63, 3.8) is 0 Å². The second-order valence-electron chi connectivity index (χ2n) is 4.93. The first-order chi connectivity index (χ1) is 9.24. The highest BCUT2D eigenvalue weighted by Crippen LogP contribution is 2.24. The maximum absolute atomic E-state index is 8.76. The highest BCUT2D eigenvalue weighted by molar-refractivity contribution is 5.81. The third kappa shape index (κ3) is 3.44. The monoisotopic (exact) mass is 266 g/mol. The van der Waals surface area contributed by atoms with E-state index in [1.807, 2.05) is 11.6 Å². The van der Waals surface area contributed by atoms with E-state index in [0.717, 1.165) is 12.4 Å². The van der Waals surface area contributed by atoms with Crippen LogP contribution in [0.15, 0.2) is 11.5 Å². The molecule has 1 heterocycles. The molecule has 0 atom stereocenters. The van der Waals surface area contributed by atoms with E-state index >= 15 is 0 Å². The van der Waals surface area contributed by atoms with Gasteiger partial charge in [-0.3, -0.25) is 4.90 Å². The Kier molecular flexibility index (Phi) is 4.73. The Morgan fingerprint density at radius 2 is 2.32 bits per heavy atom. The van der Waals surface area contributed by atoms with Crippen LogP contribution in [0.4, 0.5) is 0 Å². The second-order valence-corrected chi connectivity index (χ2v) is 4.93. The number of hydrogen-bond donors (Lipinski definition) is 2. The number of amidine groups is 1. The van der Waals surface area contributed by atoms with Gasteiger partial charge in [0.2, 0.25) is 0 Å². The van der Waals surface area contributed by atoms with Gasteiger partial charge in [0, 0.05) is 12.6 Å². The molecule has 1 aromatic heterocycles. The summed E-state index contributed by atoms with van der Waals surface area (Å²) in [6.07, 6.45) is 6.41. The zero-order valence-electron chi connectivity index (χ0n) is 11.4. The van der Waals surface area contributed by atoms with Gasteiger partial charge in [-0.15, -0.1) is 0 Å². The first-order valence-corrected chi connectivity index (χ1v) is 6.81. The van der Waals surface area contributed by atoms with E-state index in [4.69, 9.17) is 10.9 Å². The summed E-state index contributed by atoms with van der Waals surface area (Å²) in [5.74, 6) is 1.18. The molecule has 0 amide bonds. The molecule has 106 valence electrons. The van der Waals surface area contributed by atoms with Crippen molar-refractivity contribution < 1.29 is 5.21 Å². The molecular weight excluding hydrogens is 244 g/mol.